The maximum Gasteiger partial charge on any atom is 0.503 e. The van der Waals surface area contributed by atoms with Gasteiger partial charge in [0.2, 0.25) is 0 Å². The summed E-state index contributed by atoms with van der Waals surface area (Å²) in [5.41, 5.74) is -0.627. The van der Waals surface area contributed by atoms with E-state index in [0.29, 0.717) is 0 Å². The average Bonchev–Trinajstić information content (AvgIpc) is 2.07. The smallest absolute Gasteiger partial charge is 0.396 e. The molecule has 0 radical (unpaired) electrons. The van der Waals surface area contributed by atoms with Crippen LogP contribution in [0.15, 0.2) is 17.2 Å². The highest BCUT2D eigenvalue weighted by Gasteiger charge is 2.48. The zero-order valence-electron chi connectivity index (χ0n) is 7.54. The maximum atomic E-state index is 12.1. The lowest BCUT2D eigenvalue weighted by Crippen LogP contribution is -2.25. The lowest BCUT2D eigenvalue weighted by atomic mass is 10.3. The summed E-state index contributed by atoms with van der Waals surface area (Å²) in [7, 11) is -5.47. The number of hydrogen-bond acceptors (Lipinski definition) is 4. The van der Waals surface area contributed by atoms with E-state index in [0.717, 1.165) is 6.07 Å². The number of hydrogen-bond donors (Lipinski definition) is 1. The highest BCUT2D eigenvalue weighted by molar-refractivity contribution is 7.92. The Morgan fingerprint density at radius 2 is 1.87 bits per heavy atom. The summed E-state index contributed by atoms with van der Waals surface area (Å²) in [5, 5.41) is -1.14. The van der Waals surface area contributed by atoms with Crippen LogP contribution in [0.25, 0.3) is 0 Å². The summed E-state index contributed by atoms with van der Waals surface area (Å²) in [6.45, 7) is 1.37. The molecular formula is C7H7F3N2O2S. The fraction of sp³-hybridized carbons (Fsp3) is 0.286. The quantitative estimate of drug-likeness (QED) is 0.802. The molecule has 1 rings (SSSR count). The van der Waals surface area contributed by atoms with E-state index in [-0.39, 0.29) is 5.69 Å². The van der Waals surface area contributed by atoms with E-state index < -0.39 is 26.1 Å². The van der Waals surface area contributed by atoms with Crippen LogP contribution in [0.3, 0.4) is 0 Å². The van der Waals surface area contributed by atoms with Gasteiger partial charge in [0.05, 0.1) is 5.69 Å². The lowest BCUT2D eigenvalue weighted by molar-refractivity contribution is -0.0437. The van der Waals surface area contributed by atoms with Gasteiger partial charge in [0, 0.05) is 5.69 Å². The summed E-state index contributed by atoms with van der Waals surface area (Å²) in [6, 6.07) is 2.39. The molecule has 15 heavy (non-hydrogen) atoms. The Hall–Kier alpha value is -1.31. The molecule has 84 valence electrons. The number of halogens is 3. The van der Waals surface area contributed by atoms with Crippen LogP contribution in [-0.4, -0.2) is 18.9 Å². The Kier molecular flexibility index (Phi) is 2.64. The van der Waals surface area contributed by atoms with Gasteiger partial charge in [0.15, 0.2) is 5.03 Å². The predicted octanol–water partition coefficient (Wildman–Crippen LogP) is 1.27. The van der Waals surface area contributed by atoms with Crippen LogP contribution in [0.5, 0.6) is 0 Å². The van der Waals surface area contributed by atoms with E-state index in [1.54, 1.807) is 0 Å². The number of sulfone groups is 1. The van der Waals surface area contributed by atoms with Gasteiger partial charge < -0.3 is 5.73 Å². The molecule has 0 unspecified atom stereocenters. The topological polar surface area (TPSA) is 73.1 Å². The molecule has 0 saturated heterocycles. The Morgan fingerprint density at radius 1 is 1.33 bits per heavy atom. The van der Waals surface area contributed by atoms with Gasteiger partial charge in [-0.2, -0.15) is 13.2 Å². The van der Waals surface area contributed by atoms with Gasteiger partial charge in [-0.15, -0.1) is 0 Å². The average molecular weight is 240 g/mol. The SMILES string of the molecule is Cc1ccc(N)c(S(=O)(=O)C(F)(F)F)n1. The summed E-state index contributed by atoms with van der Waals surface area (Å²) in [6.07, 6.45) is 0. The molecule has 1 aromatic heterocycles. The van der Waals surface area contributed by atoms with E-state index >= 15 is 0 Å². The standard InChI is InChI=1S/C7H7F3N2O2S/c1-4-2-3-5(11)6(12-4)15(13,14)7(8,9)10/h2-3H,11H2,1H3. The van der Waals surface area contributed by atoms with Crippen molar-refractivity contribution in [3.05, 3.63) is 17.8 Å². The second-order valence-corrected chi connectivity index (χ2v) is 4.65. The Balaban J connectivity index is 3.47. The van der Waals surface area contributed by atoms with Crippen LogP contribution in [-0.2, 0) is 9.84 Å². The Bertz CT molecular complexity index is 481. The Morgan fingerprint density at radius 3 is 2.33 bits per heavy atom. The molecule has 0 aromatic carbocycles. The van der Waals surface area contributed by atoms with Gasteiger partial charge in [-0.3, -0.25) is 0 Å². The minimum Gasteiger partial charge on any atom is -0.396 e. The van der Waals surface area contributed by atoms with Crippen LogP contribution in [0, 0.1) is 6.92 Å². The first-order valence-corrected chi connectivity index (χ1v) is 5.19. The summed E-state index contributed by atoms with van der Waals surface area (Å²) < 4.78 is 58.4. The number of aromatic nitrogens is 1. The van der Waals surface area contributed by atoms with Gasteiger partial charge in [-0.05, 0) is 19.1 Å². The molecule has 0 spiro atoms. The molecule has 4 nitrogen and oxygen atoms in total. The summed E-state index contributed by atoms with van der Waals surface area (Å²) in [5.74, 6) is 0. The molecule has 0 aliphatic heterocycles. The third-order valence-corrected chi connectivity index (χ3v) is 3.03. The highest BCUT2D eigenvalue weighted by atomic mass is 32.2. The number of rotatable bonds is 1. The van der Waals surface area contributed by atoms with Crippen molar-refractivity contribution in [3.8, 4) is 0 Å². The maximum absolute atomic E-state index is 12.1. The van der Waals surface area contributed by atoms with Crippen LogP contribution in [0.4, 0.5) is 18.9 Å². The van der Waals surface area contributed by atoms with E-state index in [9.17, 15) is 21.6 Å². The molecule has 0 amide bonds. The minimum absolute atomic E-state index is 0.145. The van der Waals surface area contributed by atoms with Crippen molar-refractivity contribution in [1.29, 1.82) is 0 Å². The minimum atomic E-state index is -5.47. The number of nitrogen functional groups attached to an aromatic ring is 1. The number of nitrogens with zero attached hydrogens (tertiary/aromatic N) is 1. The van der Waals surface area contributed by atoms with E-state index in [4.69, 9.17) is 5.73 Å². The van der Waals surface area contributed by atoms with Crippen LogP contribution >= 0.6 is 0 Å². The molecule has 2 N–H and O–H groups in total. The molecule has 0 saturated carbocycles. The molecule has 8 heteroatoms. The molecule has 0 aliphatic rings. The highest BCUT2D eigenvalue weighted by Crippen LogP contribution is 2.31. The van der Waals surface area contributed by atoms with Crippen molar-refractivity contribution in [2.45, 2.75) is 17.5 Å². The monoisotopic (exact) mass is 240 g/mol. The first-order valence-electron chi connectivity index (χ1n) is 3.71. The number of nitrogens with two attached hydrogens (primary N) is 1. The molecular weight excluding hydrogens is 233 g/mol. The van der Waals surface area contributed by atoms with Gasteiger partial charge in [0.1, 0.15) is 0 Å². The zero-order chi connectivity index (χ0) is 11.9. The molecule has 0 fully saturated rings. The number of pyridine rings is 1. The number of aryl methyl sites for hydroxylation is 1. The van der Waals surface area contributed by atoms with Gasteiger partial charge in [0.25, 0.3) is 9.84 Å². The van der Waals surface area contributed by atoms with E-state index in [1.807, 2.05) is 0 Å². The van der Waals surface area contributed by atoms with Crippen molar-refractivity contribution < 1.29 is 21.6 Å². The molecule has 1 heterocycles. The van der Waals surface area contributed by atoms with Crippen molar-refractivity contribution >= 4 is 15.5 Å². The summed E-state index contributed by atoms with van der Waals surface area (Å²) in [4.78, 5) is 3.28. The second kappa shape index (κ2) is 3.37. The lowest BCUT2D eigenvalue weighted by Gasteiger charge is -2.09. The fourth-order valence-electron chi connectivity index (χ4n) is 0.869. The van der Waals surface area contributed by atoms with Crippen molar-refractivity contribution in [3.63, 3.8) is 0 Å². The normalized spacial score (nSPS) is 12.8. The largest absolute Gasteiger partial charge is 0.503 e. The van der Waals surface area contributed by atoms with Crippen LogP contribution < -0.4 is 5.73 Å². The predicted molar refractivity (Wildman–Crippen MR) is 46.6 cm³/mol. The molecule has 0 aliphatic carbocycles. The first kappa shape index (κ1) is 11.8. The molecule has 0 atom stereocenters. The van der Waals surface area contributed by atoms with Crippen molar-refractivity contribution in [2.75, 3.05) is 5.73 Å². The third kappa shape index (κ3) is 2.04. The third-order valence-electron chi connectivity index (χ3n) is 1.59. The fourth-order valence-corrected chi connectivity index (χ4v) is 1.73. The van der Waals surface area contributed by atoms with Gasteiger partial charge in [-0.25, -0.2) is 13.4 Å². The van der Waals surface area contributed by atoms with Gasteiger partial charge in [-0.1, -0.05) is 0 Å². The first-order chi connectivity index (χ1) is 6.66. The zero-order valence-corrected chi connectivity index (χ0v) is 8.35. The van der Waals surface area contributed by atoms with Crippen molar-refractivity contribution in [1.82, 2.24) is 4.98 Å². The number of anilines is 1. The van der Waals surface area contributed by atoms with Crippen molar-refractivity contribution in [2.24, 2.45) is 0 Å². The van der Waals surface area contributed by atoms with Crippen LogP contribution in [0.2, 0.25) is 0 Å². The second-order valence-electron chi connectivity index (χ2n) is 2.80. The van der Waals surface area contributed by atoms with Crippen LogP contribution in [0.1, 0.15) is 5.69 Å². The summed E-state index contributed by atoms with van der Waals surface area (Å²) >= 11 is 0. The van der Waals surface area contributed by atoms with Gasteiger partial charge >= 0.3 is 5.51 Å². The molecule has 0 bridgehead atoms. The molecule has 1 aromatic rings. The Labute approximate surface area is 83.8 Å². The van der Waals surface area contributed by atoms with E-state index in [1.165, 1.54) is 13.0 Å². The van der Waals surface area contributed by atoms with E-state index in [2.05, 4.69) is 4.98 Å². The number of alkyl halides is 3.